The summed E-state index contributed by atoms with van der Waals surface area (Å²) in [4.78, 5) is 24.8. The molecule has 5 atom stereocenters. The predicted molar refractivity (Wildman–Crippen MR) is 112 cm³/mol. The van der Waals surface area contributed by atoms with Crippen molar-refractivity contribution in [3.63, 3.8) is 0 Å². The summed E-state index contributed by atoms with van der Waals surface area (Å²) in [6, 6.07) is 7.39. The van der Waals surface area contributed by atoms with Crippen molar-refractivity contribution in [2.45, 2.75) is 30.7 Å². The van der Waals surface area contributed by atoms with E-state index in [9.17, 15) is 45.3 Å². The van der Waals surface area contributed by atoms with Gasteiger partial charge in [0, 0.05) is 6.08 Å². The maximum Gasteiger partial charge on any atom is 0.340 e. The maximum atomic E-state index is 12.5. The molecule has 0 aromatic heterocycles. The van der Waals surface area contributed by atoms with Crippen molar-refractivity contribution in [1.82, 2.24) is 0 Å². The van der Waals surface area contributed by atoms with E-state index in [1.165, 1.54) is 30.3 Å². The summed E-state index contributed by atoms with van der Waals surface area (Å²) in [5.74, 6) is -4.69. The van der Waals surface area contributed by atoms with Gasteiger partial charge in [-0.2, -0.15) is 0 Å². The lowest BCUT2D eigenvalue weighted by molar-refractivity contribution is -0.288. The first kappa shape index (κ1) is 24.8. The first-order valence-corrected chi connectivity index (χ1v) is 9.86. The van der Waals surface area contributed by atoms with Crippen molar-refractivity contribution >= 4 is 18.0 Å². The molecule has 34 heavy (non-hydrogen) atoms. The first-order valence-electron chi connectivity index (χ1n) is 9.86. The van der Waals surface area contributed by atoms with E-state index in [2.05, 4.69) is 0 Å². The molecule has 1 fully saturated rings. The number of benzene rings is 2. The van der Waals surface area contributed by atoms with Crippen molar-refractivity contribution < 1.29 is 59.5 Å². The van der Waals surface area contributed by atoms with Crippen molar-refractivity contribution in [2.24, 2.45) is 0 Å². The second kappa shape index (κ2) is 10.4. The van der Waals surface area contributed by atoms with Gasteiger partial charge in [0.1, 0.15) is 24.1 Å². The Morgan fingerprint density at radius 2 is 1.56 bits per heavy atom. The van der Waals surface area contributed by atoms with Gasteiger partial charge >= 0.3 is 11.9 Å². The summed E-state index contributed by atoms with van der Waals surface area (Å²) in [5, 5.41) is 67.8. The topological polar surface area (TPSA) is 203 Å². The van der Waals surface area contributed by atoms with Crippen LogP contribution in [0.2, 0.25) is 0 Å². The Labute approximate surface area is 192 Å². The zero-order valence-electron chi connectivity index (χ0n) is 17.4. The van der Waals surface area contributed by atoms with Crippen LogP contribution in [0.5, 0.6) is 23.0 Å². The van der Waals surface area contributed by atoms with Crippen molar-refractivity contribution in [2.75, 3.05) is 6.61 Å². The molecule has 3 rings (SSSR count). The fourth-order valence-electron chi connectivity index (χ4n) is 3.10. The molecule has 12 heteroatoms. The molecule has 0 radical (unpaired) electrons. The quantitative estimate of drug-likeness (QED) is 0.163. The summed E-state index contributed by atoms with van der Waals surface area (Å²) in [6.07, 6.45) is -6.11. The molecule has 2 aromatic carbocycles. The molecule has 0 aliphatic carbocycles. The van der Waals surface area contributed by atoms with Crippen molar-refractivity contribution in [1.29, 1.82) is 0 Å². The van der Waals surface area contributed by atoms with Gasteiger partial charge in [0.2, 0.25) is 6.29 Å². The molecule has 1 aliphatic rings. The molecule has 0 saturated carbocycles. The number of phenols is 4. The Kier molecular flexibility index (Phi) is 7.58. The minimum absolute atomic E-state index is 0.0227. The number of aromatic hydroxyl groups is 4. The number of ether oxygens (including phenoxy) is 3. The van der Waals surface area contributed by atoms with Crippen LogP contribution in [-0.4, -0.2) is 85.0 Å². The van der Waals surface area contributed by atoms with E-state index in [-0.39, 0.29) is 5.75 Å². The minimum Gasteiger partial charge on any atom is -0.508 e. The van der Waals surface area contributed by atoms with Crippen molar-refractivity contribution in [3.05, 3.63) is 53.6 Å². The monoisotopic (exact) mass is 478 g/mol. The summed E-state index contributed by atoms with van der Waals surface area (Å²) < 4.78 is 15.5. The largest absolute Gasteiger partial charge is 0.508 e. The van der Waals surface area contributed by atoms with E-state index in [1.807, 2.05) is 0 Å². The second-order valence-electron chi connectivity index (χ2n) is 7.30. The van der Waals surface area contributed by atoms with Crippen LogP contribution in [0, 0.1) is 0 Å². The molecule has 12 nitrogen and oxygen atoms in total. The zero-order valence-corrected chi connectivity index (χ0v) is 17.4. The van der Waals surface area contributed by atoms with Crippen LogP contribution in [0.15, 0.2) is 42.5 Å². The summed E-state index contributed by atoms with van der Waals surface area (Å²) in [7, 11) is 0. The third-order valence-electron chi connectivity index (χ3n) is 4.91. The van der Waals surface area contributed by atoms with Crippen LogP contribution in [0.3, 0.4) is 0 Å². The molecule has 1 aliphatic heterocycles. The number of hydrogen-bond donors (Lipinski definition) is 7. The zero-order chi connectivity index (χ0) is 25.0. The Morgan fingerprint density at radius 1 is 0.941 bits per heavy atom. The SMILES string of the molecule is O=C(C=Cc1ccc(O)cc1)OC1C(OC(=O)c2cc(O)c(O)c(O)c2)OC(CO)C(O)C1O. The summed E-state index contributed by atoms with van der Waals surface area (Å²) in [6.45, 7) is -0.769. The molecule has 5 unspecified atom stereocenters. The van der Waals surface area contributed by atoms with Crippen molar-refractivity contribution in [3.8, 4) is 23.0 Å². The highest BCUT2D eigenvalue weighted by molar-refractivity contribution is 5.91. The van der Waals surface area contributed by atoms with Crippen LogP contribution in [0.4, 0.5) is 0 Å². The van der Waals surface area contributed by atoms with Gasteiger partial charge in [-0.25, -0.2) is 9.59 Å². The number of aliphatic hydroxyl groups excluding tert-OH is 3. The van der Waals surface area contributed by atoms with Gasteiger partial charge in [0.05, 0.1) is 12.2 Å². The molecule has 182 valence electrons. The molecule has 0 bridgehead atoms. The number of rotatable bonds is 6. The molecular formula is C22H22O12. The van der Waals surface area contributed by atoms with Crippen LogP contribution in [0.1, 0.15) is 15.9 Å². The fraction of sp³-hybridized carbons (Fsp3) is 0.273. The van der Waals surface area contributed by atoms with Gasteiger partial charge in [0.15, 0.2) is 23.4 Å². The molecule has 2 aromatic rings. The summed E-state index contributed by atoms with van der Waals surface area (Å²) >= 11 is 0. The summed E-state index contributed by atoms with van der Waals surface area (Å²) in [5.41, 5.74) is 0.111. The highest BCUT2D eigenvalue weighted by atomic mass is 16.7. The van der Waals surface area contributed by atoms with E-state index >= 15 is 0 Å². The number of carbonyl (C=O) groups is 2. The Bertz CT molecular complexity index is 1040. The van der Waals surface area contributed by atoms with E-state index in [1.54, 1.807) is 0 Å². The normalized spacial score (nSPS) is 24.6. The smallest absolute Gasteiger partial charge is 0.340 e. The van der Waals surface area contributed by atoms with Gasteiger partial charge in [-0.15, -0.1) is 0 Å². The number of aliphatic hydroxyl groups is 3. The van der Waals surface area contributed by atoms with Gasteiger partial charge in [0.25, 0.3) is 0 Å². The molecule has 7 N–H and O–H groups in total. The highest BCUT2D eigenvalue weighted by Gasteiger charge is 2.48. The lowest BCUT2D eigenvalue weighted by atomic mass is 9.99. The maximum absolute atomic E-state index is 12.5. The van der Waals surface area contributed by atoms with E-state index < -0.39 is 72.1 Å². The van der Waals surface area contributed by atoms with Gasteiger partial charge < -0.3 is 50.0 Å². The molecule has 1 heterocycles. The first-order chi connectivity index (χ1) is 16.1. The number of hydrogen-bond acceptors (Lipinski definition) is 12. The third-order valence-corrected chi connectivity index (χ3v) is 4.91. The van der Waals surface area contributed by atoms with Gasteiger partial charge in [-0.1, -0.05) is 12.1 Å². The lowest BCUT2D eigenvalue weighted by Gasteiger charge is -2.40. The minimum atomic E-state index is -1.82. The molecule has 0 amide bonds. The number of carbonyl (C=O) groups excluding carboxylic acids is 2. The fourth-order valence-corrected chi connectivity index (χ4v) is 3.10. The van der Waals surface area contributed by atoms with Crippen LogP contribution < -0.4 is 0 Å². The predicted octanol–water partition coefficient (Wildman–Crippen LogP) is -0.270. The van der Waals surface area contributed by atoms with Gasteiger partial charge in [-0.05, 0) is 35.9 Å². The standard InChI is InChI=1S/C22H22O12/c23-9-15-18(29)19(30)20(33-16(27)6-3-10-1-4-12(24)5-2-10)22(32-15)34-21(31)11-7-13(25)17(28)14(26)8-11/h1-8,15,18-20,22-26,28-30H,9H2. The van der Waals surface area contributed by atoms with E-state index in [4.69, 9.17) is 14.2 Å². The molecule has 1 saturated heterocycles. The van der Waals surface area contributed by atoms with Crippen LogP contribution >= 0.6 is 0 Å². The molecular weight excluding hydrogens is 456 g/mol. The number of phenolic OH excluding ortho intramolecular Hbond substituents is 4. The highest BCUT2D eigenvalue weighted by Crippen LogP contribution is 2.36. The van der Waals surface area contributed by atoms with Crippen LogP contribution in [-0.2, 0) is 19.0 Å². The van der Waals surface area contributed by atoms with E-state index in [0.717, 1.165) is 18.2 Å². The average molecular weight is 478 g/mol. The van der Waals surface area contributed by atoms with Crippen LogP contribution in [0.25, 0.3) is 6.08 Å². The Hall–Kier alpha value is -3.84. The second-order valence-corrected chi connectivity index (χ2v) is 7.30. The Balaban J connectivity index is 1.78. The third kappa shape index (κ3) is 5.55. The molecule has 0 spiro atoms. The van der Waals surface area contributed by atoms with E-state index in [0.29, 0.717) is 5.56 Å². The lowest BCUT2D eigenvalue weighted by Crippen LogP contribution is -2.60. The average Bonchev–Trinajstić information content (AvgIpc) is 2.81. The van der Waals surface area contributed by atoms with Gasteiger partial charge in [-0.3, -0.25) is 0 Å². The number of esters is 2. The Morgan fingerprint density at radius 3 is 2.15 bits per heavy atom.